The molecular weight excluding hydrogens is 332 g/mol. The zero-order chi connectivity index (χ0) is 17.3. The van der Waals surface area contributed by atoms with E-state index in [0.717, 1.165) is 63.7 Å². The van der Waals surface area contributed by atoms with Crippen LogP contribution in [0.25, 0.3) is 0 Å². The maximum atomic E-state index is 12.7. The number of likely N-dealkylation sites (tertiary alicyclic amines) is 1. The largest absolute Gasteiger partial charge is 0.379 e. The van der Waals surface area contributed by atoms with Crippen molar-refractivity contribution in [3.63, 3.8) is 0 Å². The molecule has 1 amide bonds. The van der Waals surface area contributed by atoms with Crippen molar-refractivity contribution in [1.29, 1.82) is 0 Å². The molecule has 0 bridgehead atoms. The predicted octanol–water partition coefficient (Wildman–Crippen LogP) is 3.02. The highest BCUT2D eigenvalue weighted by Gasteiger charge is 2.28. The number of hydrogen-bond donors (Lipinski definition) is 0. The average molecular weight is 363 g/mol. The van der Waals surface area contributed by atoms with E-state index in [0.29, 0.717) is 18.4 Å². The molecule has 1 aromatic rings. The first kappa shape index (κ1) is 18.7. The predicted molar refractivity (Wildman–Crippen MR) is 104 cm³/mol. The molecule has 0 saturated carbocycles. The van der Waals surface area contributed by atoms with Crippen LogP contribution in [0.5, 0.6) is 0 Å². The number of amides is 1. The summed E-state index contributed by atoms with van der Waals surface area (Å²) < 4.78 is 5.44. The average Bonchev–Trinajstić information content (AvgIpc) is 2.67. The van der Waals surface area contributed by atoms with Crippen LogP contribution in [0.4, 0.5) is 0 Å². The lowest BCUT2D eigenvalue weighted by Crippen LogP contribution is -2.51. The van der Waals surface area contributed by atoms with Gasteiger partial charge in [-0.2, -0.15) is 11.8 Å². The summed E-state index contributed by atoms with van der Waals surface area (Å²) in [4.78, 5) is 17.4. The Morgan fingerprint density at radius 3 is 2.72 bits per heavy atom. The Labute approximate surface area is 155 Å². The van der Waals surface area contributed by atoms with Crippen molar-refractivity contribution in [3.05, 3.63) is 35.9 Å². The number of ether oxygens (including phenoxy) is 1. The van der Waals surface area contributed by atoms with E-state index in [2.05, 4.69) is 34.1 Å². The standard InChI is InChI=1S/C20H30N2O2S/c23-20(9-15-25-17-18-6-2-1-3-7-18)22-10-5-4-8-19(22)16-21-11-13-24-14-12-21/h1-3,6-7,19H,4-5,8-17H2. The molecule has 5 heteroatoms. The maximum absolute atomic E-state index is 12.7. The molecule has 0 N–H and O–H groups in total. The number of carbonyl (C=O) groups is 1. The van der Waals surface area contributed by atoms with Gasteiger partial charge < -0.3 is 9.64 Å². The summed E-state index contributed by atoms with van der Waals surface area (Å²) >= 11 is 1.86. The summed E-state index contributed by atoms with van der Waals surface area (Å²) in [5.41, 5.74) is 1.34. The molecule has 2 aliphatic rings. The second kappa shape index (κ2) is 10.2. The number of piperidine rings is 1. The quantitative estimate of drug-likeness (QED) is 0.698. The van der Waals surface area contributed by atoms with Crippen LogP contribution in [0.15, 0.2) is 30.3 Å². The Balaban J connectivity index is 1.42. The van der Waals surface area contributed by atoms with E-state index in [-0.39, 0.29) is 0 Å². The number of carbonyl (C=O) groups excluding carboxylic acids is 1. The van der Waals surface area contributed by atoms with Crippen LogP contribution in [-0.2, 0) is 15.3 Å². The third kappa shape index (κ3) is 6.01. The van der Waals surface area contributed by atoms with Gasteiger partial charge in [-0.15, -0.1) is 0 Å². The molecule has 3 rings (SSSR count). The molecule has 0 aliphatic carbocycles. The van der Waals surface area contributed by atoms with E-state index in [1.807, 2.05) is 17.8 Å². The molecule has 0 aromatic heterocycles. The highest BCUT2D eigenvalue weighted by molar-refractivity contribution is 7.98. The van der Waals surface area contributed by atoms with Gasteiger partial charge in [-0.1, -0.05) is 30.3 Å². The van der Waals surface area contributed by atoms with E-state index < -0.39 is 0 Å². The summed E-state index contributed by atoms with van der Waals surface area (Å²) in [5.74, 6) is 2.25. The molecule has 25 heavy (non-hydrogen) atoms. The lowest BCUT2D eigenvalue weighted by Gasteiger charge is -2.39. The number of rotatable bonds is 7. The van der Waals surface area contributed by atoms with Gasteiger partial charge >= 0.3 is 0 Å². The van der Waals surface area contributed by atoms with Gasteiger partial charge in [0.25, 0.3) is 0 Å². The van der Waals surface area contributed by atoms with Gasteiger partial charge in [-0.3, -0.25) is 9.69 Å². The summed E-state index contributed by atoms with van der Waals surface area (Å²) in [6.45, 7) is 5.63. The lowest BCUT2D eigenvalue weighted by atomic mass is 10.0. The minimum absolute atomic E-state index is 0.346. The van der Waals surface area contributed by atoms with Crippen molar-refractivity contribution in [2.45, 2.75) is 37.5 Å². The first-order valence-corrected chi connectivity index (χ1v) is 10.7. The zero-order valence-electron chi connectivity index (χ0n) is 15.1. The zero-order valence-corrected chi connectivity index (χ0v) is 15.9. The molecule has 2 aliphatic heterocycles. The fourth-order valence-electron chi connectivity index (χ4n) is 3.67. The molecule has 2 heterocycles. The molecule has 2 fully saturated rings. The van der Waals surface area contributed by atoms with E-state index >= 15 is 0 Å². The first-order chi connectivity index (χ1) is 12.3. The van der Waals surface area contributed by atoms with Gasteiger partial charge in [0.1, 0.15) is 0 Å². The third-order valence-electron chi connectivity index (χ3n) is 5.09. The fraction of sp³-hybridized carbons (Fsp3) is 0.650. The first-order valence-electron chi connectivity index (χ1n) is 9.54. The highest BCUT2D eigenvalue weighted by Crippen LogP contribution is 2.21. The molecule has 1 aromatic carbocycles. The number of hydrogen-bond acceptors (Lipinski definition) is 4. The smallest absolute Gasteiger partial charge is 0.223 e. The van der Waals surface area contributed by atoms with Gasteiger partial charge in [-0.25, -0.2) is 0 Å². The van der Waals surface area contributed by atoms with Crippen LogP contribution in [-0.4, -0.2) is 66.9 Å². The molecule has 1 atom stereocenters. The Morgan fingerprint density at radius 2 is 1.92 bits per heavy atom. The van der Waals surface area contributed by atoms with Crippen molar-refractivity contribution in [3.8, 4) is 0 Å². The molecule has 1 unspecified atom stereocenters. The molecular formula is C20H30N2O2S. The van der Waals surface area contributed by atoms with Gasteiger partial charge in [0.2, 0.25) is 5.91 Å². The third-order valence-corrected chi connectivity index (χ3v) is 6.12. The summed E-state index contributed by atoms with van der Waals surface area (Å²) in [5, 5.41) is 0. The minimum Gasteiger partial charge on any atom is -0.379 e. The number of morpholine rings is 1. The highest BCUT2D eigenvalue weighted by atomic mass is 32.2. The number of thioether (sulfide) groups is 1. The van der Waals surface area contributed by atoms with Gasteiger partial charge in [0.15, 0.2) is 0 Å². The Bertz CT molecular complexity index is 520. The van der Waals surface area contributed by atoms with Crippen molar-refractivity contribution in [2.75, 3.05) is 45.1 Å². The molecule has 2 saturated heterocycles. The Morgan fingerprint density at radius 1 is 1.12 bits per heavy atom. The molecule has 138 valence electrons. The van der Waals surface area contributed by atoms with Gasteiger partial charge in [-0.05, 0) is 24.8 Å². The summed E-state index contributed by atoms with van der Waals surface area (Å²) in [6, 6.07) is 10.9. The van der Waals surface area contributed by atoms with E-state index in [4.69, 9.17) is 4.74 Å². The lowest BCUT2D eigenvalue weighted by molar-refractivity contribution is -0.135. The Hall–Kier alpha value is -1.04. The molecule has 0 spiro atoms. The number of benzene rings is 1. The van der Waals surface area contributed by atoms with E-state index in [9.17, 15) is 4.79 Å². The van der Waals surface area contributed by atoms with Crippen LogP contribution >= 0.6 is 11.8 Å². The van der Waals surface area contributed by atoms with E-state index in [1.54, 1.807) is 0 Å². The van der Waals surface area contributed by atoms with Crippen LogP contribution in [0, 0.1) is 0 Å². The maximum Gasteiger partial charge on any atom is 0.223 e. The molecule has 0 radical (unpaired) electrons. The second-order valence-corrected chi connectivity index (χ2v) is 8.04. The second-order valence-electron chi connectivity index (χ2n) is 6.94. The molecule has 4 nitrogen and oxygen atoms in total. The minimum atomic E-state index is 0.346. The fourth-order valence-corrected chi connectivity index (χ4v) is 4.56. The SMILES string of the molecule is O=C(CCSCc1ccccc1)N1CCCCC1CN1CCOCC1. The normalized spacial score (nSPS) is 22.1. The summed E-state index contributed by atoms with van der Waals surface area (Å²) in [7, 11) is 0. The Kier molecular flexibility index (Phi) is 7.64. The van der Waals surface area contributed by atoms with Crippen molar-refractivity contribution >= 4 is 17.7 Å². The van der Waals surface area contributed by atoms with Gasteiger partial charge in [0, 0.05) is 50.1 Å². The van der Waals surface area contributed by atoms with Crippen LogP contribution in [0.1, 0.15) is 31.2 Å². The van der Waals surface area contributed by atoms with Crippen LogP contribution in [0.2, 0.25) is 0 Å². The summed E-state index contributed by atoms with van der Waals surface area (Å²) in [6.07, 6.45) is 4.22. The van der Waals surface area contributed by atoms with Gasteiger partial charge in [0.05, 0.1) is 13.2 Å². The van der Waals surface area contributed by atoms with Crippen LogP contribution in [0.3, 0.4) is 0 Å². The van der Waals surface area contributed by atoms with Crippen molar-refractivity contribution in [2.24, 2.45) is 0 Å². The number of nitrogens with zero attached hydrogens (tertiary/aromatic N) is 2. The topological polar surface area (TPSA) is 32.8 Å². The van der Waals surface area contributed by atoms with Crippen LogP contribution < -0.4 is 0 Å². The van der Waals surface area contributed by atoms with Crippen molar-refractivity contribution in [1.82, 2.24) is 9.80 Å². The van der Waals surface area contributed by atoms with Crippen molar-refractivity contribution < 1.29 is 9.53 Å². The monoisotopic (exact) mass is 362 g/mol. The van der Waals surface area contributed by atoms with E-state index in [1.165, 1.54) is 12.0 Å².